The lowest BCUT2D eigenvalue weighted by Gasteiger charge is -2.25. The highest BCUT2D eigenvalue weighted by Crippen LogP contribution is 2.28. The fourth-order valence-electron chi connectivity index (χ4n) is 2.84. The van der Waals surface area contributed by atoms with Crippen molar-refractivity contribution in [3.63, 3.8) is 0 Å². The number of hydrogen-bond donors (Lipinski definition) is 1. The molecule has 1 amide bonds. The Labute approximate surface area is 146 Å². The molecule has 0 aromatic heterocycles. The number of amides is 1. The van der Waals surface area contributed by atoms with Gasteiger partial charge in [-0.25, -0.2) is 0 Å². The molecule has 1 aromatic rings. The monoisotopic (exact) mass is 349 g/mol. The van der Waals surface area contributed by atoms with Crippen LogP contribution in [0.2, 0.25) is 0 Å². The molecule has 1 N–H and O–H groups in total. The van der Waals surface area contributed by atoms with E-state index < -0.39 is 21.5 Å². The SMILES string of the molecule is C[C@@H](NC(=O)C(C)(C)C)c1ccccc1S(=O)[C@@H]1CCCCC1=O. The Morgan fingerprint density at radius 2 is 1.92 bits per heavy atom. The van der Waals surface area contributed by atoms with Gasteiger partial charge in [-0.3, -0.25) is 13.8 Å². The van der Waals surface area contributed by atoms with Crippen LogP contribution >= 0.6 is 0 Å². The molecule has 5 heteroatoms. The van der Waals surface area contributed by atoms with Crippen molar-refractivity contribution in [1.82, 2.24) is 5.32 Å². The molecule has 1 aliphatic carbocycles. The van der Waals surface area contributed by atoms with Gasteiger partial charge in [0.2, 0.25) is 5.91 Å². The first-order valence-corrected chi connectivity index (χ1v) is 9.76. The van der Waals surface area contributed by atoms with Crippen LogP contribution in [0.15, 0.2) is 29.2 Å². The zero-order chi connectivity index (χ0) is 17.9. The van der Waals surface area contributed by atoms with Gasteiger partial charge < -0.3 is 5.32 Å². The van der Waals surface area contributed by atoms with E-state index in [-0.39, 0.29) is 17.7 Å². The highest BCUT2D eigenvalue weighted by molar-refractivity contribution is 7.86. The van der Waals surface area contributed by atoms with Crippen molar-refractivity contribution >= 4 is 22.5 Å². The van der Waals surface area contributed by atoms with Gasteiger partial charge in [-0.15, -0.1) is 0 Å². The lowest BCUT2D eigenvalue weighted by atomic mass is 9.94. The molecule has 0 saturated heterocycles. The van der Waals surface area contributed by atoms with E-state index in [9.17, 15) is 13.8 Å². The maximum Gasteiger partial charge on any atom is 0.225 e. The number of rotatable bonds is 4. The minimum Gasteiger partial charge on any atom is -0.349 e. The van der Waals surface area contributed by atoms with Crippen molar-refractivity contribution in [2.45, 2.75) is 69.6 Å². The highest BCUT2D eigenvalue weighted by atomic mass is 32.2. The number of benzene rings is 1. The number of carbonyl (C=O) groups excluding carboxylic acids is 2. The summed E-state index contributed by atoms with van der Waals surface area (Å²) in [5, 5.41) is 2.58. The van der Waals surface area contributed by atoms with E-state index in [2.05, 4.69) is 5.32 Å². The molecule has 0 aliphatic heterocycles. The van der Waals surface area contributed by atoms with Crippen LogP contribution in [0.25, 0.3) is 0 Å². The van der Waals surface area contributed by atoms with E-state index in [1.165, 1.54) is 0 Å². The molecular weight excluding hydrogens is 322 g/mol. The summed E-state index contributed by atoms with van der Waals surface area (Å²) in [5.41, 5.74) is 0.341. The number of nitrogens with one attached hydrogen (secondary N) is 1. The van der Waals surface area contributed by atoms with Gasteiger partial charge >= 0.3 is 0 Å². The lowest BCUT2D eigenvalue weighted by molar-refractivity contribution is -0.129. The van der Waals surface area contributed by atoms with Crippen LogP contribution in [0.5, 0.6) is 0 Å². The van der Waals surface area contributed by atoms with Crippen LogP contribution in [-0.2, 0) is 20.4 Å². The fraction of sp³-hybridized carbons (Fsp3) is 0.579. The van der Waals surface area contributed by atoms with E-state index in [0.717, 1.165) is 18.4 Å². The number of hydrogen-bond acceptors (Lipinski definition) is 3. The van der Waals surface area contributed by atoms with Crippen molar-refractivity contribution in [2.75, 3.05) is 0 Å². The largest absolute Gasteiger partial charge is 0.349 e. The normalized spacial score (nSPS) is 21.2. The van der Waals surface area contributed by atoms with Crippen LogP contribution in [0, 0.1) is 5.41 Å². The summed E-state index contributed by atoms with van der Waals surface area (Å²) in [6, 6.07) is 7.15. The third-order valence-electron chi connectivity index (χ3n) is 4.39. The second-order valence-electron chi connectivity index (χ2n) is 7.48. The second kappa shape index (κ2) is 7.60. The summed E-state index contributed by atoms with van der Waals surface area (Å²) in [4.78, 5) is 25.0. The van der Waals surface area contributed by atoms with Gasteiger partial charge in [0.05, 0.1) is 22.1 Å². The number of carbonyl (C=O) groups is 2. The highest BCUT2D eigenvalue weighted by Gasteiger charge is 2.31. The van der Waals surface area contributed by atoms with Crippen molar-refractivity contribution in [2.24, 2.45) is 5.41 Å². The van der Waals surface area contributed by atoms with Crippen molar-refractivity contribution in [1.29, 1.82) is 0 Å². The summed E-state index contributed by atoms with van der Waals surface area (Å²) < 4.78 is 13.0. The smallest absolute Gasteiger partial charge is 0.225 e. The topological polar surface area (TPSA) is 63.2 Å². The molecule has 0 spiro atoms. The summed E-state index contributed by atoms with van der Waals surface area (Å²) >= 11 is 0. The Bertz CT molecular complexity index is 648. The molecule has 2 rings (SSSR count). The van der Waals surface area contributed by atoms with Gasteiger partial charge in [-0.1, -0.05) is 45.4 Å². The standard InChI is InChI=1S/C19H27NO3S/c1-13(20-18(22)19(2,3)4)14-9-5-7-11-16(14)24(23)17-12-8-6-10-15(17)21/h5,7,9,11,13,17H,6,8,10,12H2,1-4H3,(H,20,22)/t13-,17-,24?/m1/s1. The zero-order valence-electron chi connectivity index (χ0n) is 14.9. The number of Topliss-reactive ketones (excluding diaryl/α,β-unsaturated/α-hetero) is 1. The molecule has 0 radical (unpaired) electrons. The second-order valence-corrected chi connectivity index (χ2v) is 9.08. The third-order valence-corrected chi connectivity index (χ3v) is 6.21. The molecule has 1 saturated carbocycles. The van der Waals surface area contributed by atoms with Gasteiger partial charge in [-0.05, 0) is 31.4 Å². The van der Waals surface area contributed by atoms with E-state index >= 15 is 0 Å². The Morgan fingerprint density at radius 1 is 1.25 bits per heavy atom. The Kier molecular flexibility index (Phi) is 5.97. The predicted molar refractivity (Wildman–Crippen MR) is 96.1 cm³/mol. The molecule has 132 valence electrons. The van der Waals surface area contributed by atoms with Crippen molar-refractivity contribution in [3.05, 3.63) is 29.8 Å². The molecule has 0 bridgehead atoms. The molecule has 0 heterocycles. The van der Waals surface area contributed by atoms with E-state index in [1.807, 2.05) is 52.0 Å². The average molecular weight is 349 g/mol. The summed E-state index contributed by atoms with van der Waals surface area (Å²) in [7, 11) is -1.37. The Balaban J connectivity index is 2.25. The van der Waals surface area contributed by atoms with Crippen LogP contribution in [0.1, 0.15) is 65.0 Å². The molecule has 24 heavy (non-hydrogen) atoms. The molecule has 1 unspecified atom stereocenters. The summed E-state index contributed by atoms with van der Waals surface area (Å²) in [5.74, 6) is 0.0464. The van der Waals surface area contributed by atoms with Crippen LogP contribution in [0.3, 0.4) is 0 Å². The fourth-order valence-corrected chi connectivity index (χ4v) is 4.58. The molecule has 1 aromatic carbocycles. The first kappa shape index (κ1) is 18.8. The van der Waals surface area contributed by atoms with E-state index in [4.69, 9.17) is 0 Å². The average Bonchev–Trinajstić information content (AvgIpc) is 2.53. The minimum absolute atomic E-state index is 0.0515. The Hall–Kier alpha value is -1.49. The van der Waals surface area contributed by atoms with E-state index in [0.29, 0.717) is 17.7 Å². The molecule has 1 aliphatic rings. The quantitative estimate of drug-likeness (QED) is 0.904. The first-order chi connectivity index (χ1) is 11.2. The first-order valence-electron chi connectivity index (χ1n) is 8.55. The maximum absolute atomic E-state index is 13.0. The van der Waals surface area contributed by atoms with Crippen LogP contribution < -0.4 is 5.32 Å². The Morgan fingerprint density at radius 3 is 2.54 bits per heavy atom. The summed E-state index contributed by atoms with van der Waals surface area (Å²) in [6.07, 6.45) is 3.05. The molecular formula is C19H27NO3S. The number of ketones is 1. The van der Waals surface area contributed by atoms with Gasteiger partial charge in [0, 0.05) is 16.7 Å². The van der Waals surface area contributed by atoms with Gasteiger partial charge in [0.25, 0.3) is 0 Å². The maximum atomic E-state index is 13.0. The van der Waals surface area contributed by atoms with E-state index in [1.54, 1.807) is 0 Å². The van der Waals surface area contributed by atoms with Crippen molar-refractivity contribution < 1.29 is 13.8 Å². The van der Waals surface area contributed by atoms with Gasteiger partial charge in [0.1, 0.15) is 5.78 Å². The molecule has 1 fully saturated rings. The zero-order valence-corrected chi connectivity index (χ0v) is 15.7. The molecule has 3 atom stereocenters. The van der Waals surface area contributed by atoms with Crippen LogP contribution in [-0.4, -0.2) is 21.1 Å². The lowest BCUT2D eigenvalue weighted by Crippen LogP contribution is -2.37. The molecule has 4 nitrogen and oxygen atoms in total. The third kappa shape index (κ3) is 4.32. The van der Waals surface area contributed by atoms with Crippen LogP contribution in [0.4, 0.5) is 0 Å². The van der Waals surface area contributed by atoms with Crippen molar-refractivity contribution in [3.8, 4) is 0 Å². The van der Waals surface area contributed by atoms with Gasteiger partial charge in [-0.2, -0.15) is 0 Å². The van der Waals surface area contributed by atoms with Gasteiger partial charge in [0.15, 0.2) is 0 Å². The summed E-state index contributed by atoms with van der Waals surface area (Å²) in [6.45, 7) is 7.47. The minimum atomic E-state index is -1.37. The predicted octanol–water partition coefficient (Wildman–Crippen LogP) is 3.53.